The minimum absolute atomic E-state index is 0.0729. The summed E-state index contributed by atoms with van der Waals surface area (Å²) in [6.45, 7) is 0. The highest BCUT2D eigenvalue weighted by atomic mass is 16.5. The number of carbonyl (C=O) groups is 2. The molecule has 0 N–H and O–H groups in total. The standard InChI is InChI=1S/C7H5O3/c1-10-6-4-2-3-5(8)7(6)9/h2,4H,1H3. The predicted octanol–water partition coefficient (Wildman–Crippen LogP) is 0.0279. The first-order valence-corrected chi connectivity index (χ1v) is 2.68. The summed E-state index contributed by atoms with van der Waals surface area (Å²) >= 11 is 0. The monoisotopic (exact) mass is 137 g/mol. The van der Waals surface area contributed by atoms with E-state index in [1.54, 1.807) is 0 Å². The van der Waals surface area contributed by atoms with Crippen LogP contribution in [0.25, 0.3) is 0 Å². The third-order valence-electron chi connectivity index (χ3n) is 1.10. The molecule has 0 atom stereocenters. The summed E-state index contributed by atoms with van der Waals surface area (Å²) < 4.78 is 4.59. The third kappa shape index (κ3) is 0.978. The summed E-state index contributed by atoms with van der Waals surface area (Å²) in [6, 6.07) is 0. The molecule has 0 unspecified atom stereocenters. The van der Waals surface area contributed by atoms with Gasteiger partial charge in [-0.3, -0.25) is 9.59 Å². The molecule has 1 radical (unpaired) electrons. The zero-order valence-corrected chi connectivity index (χ0v) is 5.38. The lowest BCUT2D eigenvalue weighted by molar-refractivity contribution is -0.133. The number of methoxy groups -OCH3 is 1. The summed E-state index contributed by atoms with van der Waals surface area (Å²) in [7, 11) is 1.34. The van der Waals surface area contributed by atoms with Crippen molar-refractivity contribution < 1.29 is 14.3 Å². The molecule has 0 aliphatic heterocycles. The largest absolute Gasteiger partial charge is 0.493 e. The number of rotatable bonds is 1. The number of hydrogen-bond acceptors (Lipinski definition) is 3. The first kappa shape index (κ1) is 6.74. The van der Waals surface area contributed by atoms with Crippen LogP contribution in [0.2, 0.25) is 0 Å². The fraction of sp³-hybridized carbons (Fsp3) is 0.143. The van der Waals surface area contributed by atoms with Crippen molar-refractivity contribution in [3.05, 3.63) is 24.0 Å². The second kappa shape index (κ2) is 2.47. The van der Waals surface area contributed by atoms with Crippen LogP contribution in [-0.4, -0.2) is 18.7 Å². The van der Waals surface area contributed by atoms with Gasteiger partial charge in [-0.1, -0.05) is 0 Å². The highest BCUT2D eigenvalue weighted by Gasteiger charge is 2.19. The zero-order valence-electron chi connectivity index (χ0n) is 5.38. The summed E-state index contributed by atoms with van der Waals surface area (Å²) in [6.07, 6.45) is 5.00. The Labute approximate surface area is 58.0 Å². The second-order valence-electron chi connectivity index (χ2n) is 1.70. The van der Waals surface area contributed by atoms with E-state index in [1.807, 2.05) is 0 Å². The van der Waals surface area contributed by atoms with Gasteiger partial charge in [0.05, 0.1) is 7.11 Å². The summed E-state index contributed by atoms with van der Waals surface area (Å²) in [5, 5.41) is 0. The van der Waals surface area contributed by atoms with Crippen LogP contribution in [0.15, 0.2) is 17.9 Å². The highest BCUT2D eigenvalue weighted by Crippen LogP contribution is 2.03. The molecule has 1 aliphatic carbocycles. The van der Waals surface area contributed by atoms with Gasteiger partial charge in [0.1, 0.15) is 0 Å². The molecular weight excluding hydrogens is 132 g/mol. The molecule has 0 saturated carbocycles. The van der Waals surface area contributed by atoms with Gasteiger partial charge in [0, 0.05) is 6.08 Å². The van der Waals surface area contributed by atoms with Crippen molar-refractivity contribution >= 4 is 11.6 Å². The van der Waals surface area contributed by atoms with Crippen LogP contribution in [0.1, 0.15) is 0 Å². The van der Waals surface area contributed by atoms with Gasteiger partial charge in [0.2, 0.25) is 5.78 Å². The van der Waals surface area contributed by atoms with E-state index < -0.39 is 11.6 Å². The number of ketones is 2. The molecule has 0 aromatic rings. The van der Waals surface area contributed by atoms with Crippen molar-refractivity contribution in [2.45, 2.75) is 0 Å². The molecule has 3 heteroatoms. The second-order valence-corrected chi connectivity index (χ2v) is 1.70. The Bertz CT molecular complexity index is 235. The normalized spacial score (nSPS) is 17.1. The summed E-state index contributed by atoms with van der Waals surface area (Å²) in [5.74, 6) is -1.21. The summed E-state index contributed by atoms with van der Waals surface area (Å²) in [5.41, 5.74) is 0. The molecule has 0 saturated heterocycles. The van der Waals surface area contributed by atoms with Crippen LogP contribution in [-0.2, 0) is 14.3 Å². The molecule has 0 aromatic carbocycles. The minimum atomic E-state index is -0.653. The van der Waals surface area contributed by atoms with Crippen LogP contribution in [0.4, 0.5) is 0 Å². The first-order valence-electron chi connectivity index (χ1n) is 2.68. The van der Waals surface area contributed by atoms with E-state index in [9.17, 15) is 9.59 Å². The van der Waals surface area contributed by atoms with Crippen LogP contribution in [0.5, 0.6) is 0 Å². The average Bonchev–Trinajstić information content (AvgIpc) is 1.95. The molecule has 0 aromatic heterocycles. The van der Waals surface area contributed by atoms with Crippen LogP contribution < -0.4 is 0 Å². The van der Waals surface area contributed by atoms with Gasteiger partial charge in [-0.2, -0.15) is 0 Å². The summed E-state index contributed by atoms with van der Waals surface area (Å²) in [4.78, 5) is 21.3. The molecule has 0 spiro atoms. The van der Waals surface area contributed by atoms with Crippen molar-refractivity contribution in [1.82, 2.24) is 0 Å². The smallest absolute Gasteiger partial charge is 0.267 e. The molecule has 10 heavy (non-hydrogen) atoms. The number of ether oxygens (including phenoxy) is 1. The van der Waals surface area contributed by atoms with Crippen molar-refractivity contribution in [1.29, 1.82) is 0 Å². The van der Waals surface area contributed by atoms with E-state index in [1.165, 1.54) is 19.3 Å². The van der Waals surface area contributed by atoms with E-state index >= 15 is 0 Å². The van der Waals surface area contributed by atoms with Crippen molar-refractivity contribution in [2.75, 3.05) is 7.11 Å². The molecule has 0 bridgehead atoms. The molecule has 0 fully saturated rings. The Morgan fingerprint density at radius 1 is 1.50 bits per heavy atom. The number of hydrogen-bond donors (Lipinski definition) is 0. The maximum absolute atomic E-state index is 10.7. The van der Waals surface area contributed by atoms with Crippen LogP contribution in [0.3, 0.4) is 0 Å². The molecule has 1 rings (SSSR count). The van der Waals surface area contributed by atoms with Gasteiger partial charge >= 0.3 is 0 Å². The topological polar surface area (TPSA) is 43.4 Å². The zero-order chi connectivity index (χ0) is 7.56. The van der Waals surface area contributed by atoms with Gasteiger partial charge in [-0.25, -0.2) is 0 Å². The number of carbonyl (C=O) groups excluding carboxylic acids is 2. The van der Waals surface area contributed by atoms with E-state index in [4.69, 9.17) is 0 Å². The Morgan fingerprint density at radius 3 is 2.70 bits per heavy atom. The van der Waals surface area contributed by atoms with Crippen molar-refractivity contribution in [3.8, 4) is 0 Å². The molecule has 0 amide bonds. The van der Waals surface area contributed by atoms with Gasteiger partial charge in [0.25, 0.3) is 5.78 Å². The third-order valence-corrected chi connectivity index (χ3v) is 1.10. The lowest BCUT2D eigenvalue weighted by atomic mass is 10.1. The number of allylic oxidation sites excluding steroid dienone is 4. The van der Waals surface area contributed by atoms with Crippen LogP contribution in [0, 0.1) is 6.08 Å². The van der Waals surface area contributed by atoms with E-state index in [0.717, 1.165) is 0 Å². The Kier molecular flexibility index (Phi) is 1.67. The maximum Gasteiger partial charge on any atom is 0.267 e. The fourth-order valence-electron chi connectivity index (χ4n) is 0.607. The van der Waals surface area contributed by atoms with E-state index in [-0.39, 0.29) is 5.76 Å². The van der Waals surface area contributed by atoms with Crippen LogP contribution >= 0.6 is 0 Å². The molecule has 3 nitrogen and oxygen atoms in total. The average molecular weight is 137 g/mol. The van der Waals surface area contributed by atoms with E-state index in [2.05, 4.69) is 10.8 Å². The molecule has 0 heterocycles. The van der Waals surface area contributed by atoms with Crippen molar-refractivity contribution in [2.24, 2.45) is 0 Å². The number of Topliss-reactive ketones (excluding diaryl/α,β-unsaturated/α-hetero) is 2. The van der Waals surface area contributed by atoms with Crippen molar-refractivity contribution in [3.63, 3.8) is 0 Å². The quantitative estimate of drug-likeness (QED) is 0.378. The predicted molar refractivity (Wildman–Crippen MR) is 32.9 cm³/mol. The van der Waals surface area contributed by atoms with Gasteiger partial charge in [-0.05, 0) is 12.2 Å². The highest BCUT2D eigenvalue weighted by molar-refractivity contribution is 6.46. The Balaban J connectivity index is 2.92. The lowest BCUT2D eigenvalue weighted by Crippen LogP contribution is -2.17. The minimum Gasteiger partial charge on any atom is -0.493 e. The SMILES string of the molecule is COC1=CC=[C]C(=O)C1=O. The van der Waals surface area contributed by atoms with Gasteiger partial charge in [-0.15, -0.1) is 0 Å². The first-order chi connectivity index (χ1) is 4.75. The Morgan fingerprint density at radius 2 is 2.20 bits per heavy atom. The molecular formula is C7H5O3. The molecule has 51 valence electrons. The van der Waals surface area contributed by atoms with Gasteiger partial charge in [0.15, 0.2) is 5.76 Å². The van der Waals surface area contributed by atoms with Gasteiger partial charge < -0.3 is 4.74 Å². The maximum atomic E-state index is 10.7. The van der Waals surface area contributed by atoms with E-state index in [0.29, 0.717) is 0 Å². The lowest BCUT2D eigenvalue weighted by Gasteiger charge is -2.02. The fourth-order valence-corrected chi connectivity index (χ4v) is 0.607. The Hall–Kier alpha value is -1.38. The molecule has 1 aliphatic rings.